The molecular weight excluding hydrogens is 468 g/mol. The fraction of sp³-hybridized carbons (Fsp3) is 0.448. The Morgan fingerprint density at radius 1 is 1.19 bits per heavy atom. The fourth-order valence-corrected chi connectivity index (χ4v) is 6.11. The number of methoxy groups -OCH3 is 1. The number of fused-ring (bicyclic) bond motifs is 3. The van der Waals surface area contributed by atoms with Crippen molar-refractivity contribution in [3.63, 3.8) is 0 Å². The Morgan fingerprint density at radius 2 is 1.97 bits per heavy atom. The number of benzene rings is 2. The van der Waals surface area contributed by atoms with Gasteiger partial charge in [-0.3, -0.25) is 9.69 Å². The van der Waals surface area contributed by atoms with Gasteiger partial charge in [0.1, 0.15) is 5.82 Å². The van der Waals surface area contributed by atoms with E-state index in [0.29, 0.717) is 5.82 Å². The van der Waals surface area contributed by atoms with Gasteiger partial charge in [-0.2, -0.15) is 5.26 Å². The van der Waals surface area contributed by atoms with Gasteiger partial charge in [-0.1, -0.05) is 36.8 Å². The summed E-state index contributed by atoms with van der Waals surface area (Å²) in [4.78, 5) is 31.8. The zero-order chi connectivity index (χ0) is 26.1. The number of ether oxygens (including phenoxy) is 1. The highest BCUT2D eigenvalue weighted by molar-refractivity contribution is 5.95. The van der Waals surface area contributed by atoms with Crippen LogP contribution in [-0.2, 0) is 22.4 Å². The van der Waals surface area contributed by atoms with Crippen molar-refractivity contribution < 1.29 is 19.4 Å². The summed E-state index contributed by atoms with van der Waals surface area (Å²) in [5, 5.41) is 19.8. The van der Waals surface area contributed by atoms with Gasteiger partial charge < -0.3 is 14.4 Å². The van der Waals surface area contributed by atoms with Crippen LogP contribution in [0.15, 0.2) is 42.5 Å². The average molecular weight is 501 g/mol. The summed E-state index contributed by atoms with van der Waals surface area (Å²) in [5.41, 5.74) is 4.27. The van der Waals surface area contributed by atoms with E-state index in [4.69, 9.17) is 9.72 Å². The molecule has 4 atom stereocenters. The van der Waals surface area contributed by atoms with Crippen LogP contribution < -0.4 is 4.90 Å². The number of aryl methyl sites for hydroxylation is 1. The van der Waals surface area contributed by atoms with Crippen LogP contribution in [0.25, 0.3) is 11.0 Å². The number of hydrogen-bond donors (Lipinski definition) is 1. The standard InChI is InChI=1S/C29H32N4O4/c1-18-11-12-22-24(32(18)29(36)37-2)13-14-25-27(22)31-26(33(25)21-10-6-7-19(15-21)17-30)16-23(28(34)35)20-8-4-3-5-9-20/h3-5,8-9,13-14,18-19,21,23H,6-7,10-12,15-16H2,1-2H3,(H,34,35)/t18-,19-,21-,23-/m0/s1. The lowest BCUT2D eigenvalue weighted by Gasteiger charge is -2.34. The molecule has 8 heteroatoms. The average Bonchev–Trinajstić information content (AvgIpc) is 3.30. The summed E-state index contributed by atoms with van der Waals surface area (Å²) < 4.78 is 7.26. The van der Waals surface area contributed by atoms with Gasteiger partial charge in [0.2, 0.25) is 0 Å². The molecule has 1 aliphatic heterocycles. The quantitative estimate of drug-likeness (QED) is 0.488. The summed E-state index contributed by atoms with van der Waals surface area (Å²) >= 11 is 0. The SMILES string of the molecule is COC(=O)N1c2ccc3c(nc(C[C@H](C(=O)O)c4ccccc4)n3[C@H]3CCC[C@H](C#N)C3)c2CC[C@@H]1C. The number of carboxylic acids is 1. The minimum atomic E-state index is -0.893. The van der Waals surface area contributed by atoms with Crippen molar-refractivity contribution in [2.45, 2.75) is 69.9 Å². The highest BCUT2D eigenvalue weighted by Gasteiger charge is 2.34. The van der Waals surface area contributed by atoms with E-state index in [-0.39, 0.29) is 24.4 Å². The Bertz CT molecular complexity index is 1360. The molecule has 37 heavy (non-hydrogen) atoms. The number of nitriles is 1. The molecule has 1 saturated carbocycles. The number of anilines is 1. The highest BCUT2D eigenvalue weighted by Crippen LogP contribution is 2.41. The maximum atomic E-state index is 12.6. The van der Waals surface area contributed by atoms with E-state index >= 15 is 0 Å². The molecule has 2 aliphatic rings. The normalized spacial score (nSPS) is 22.2. The molecule has 0 saturated heterocycles. The van der Waals surface area contributed by atoms with Crippen molar-refractivity contribution >= 4 is 28.8 Å². The predicted octanol–water partition coefficient (Wildman–Crippen LogP) is 5.61. The first-order valence-corrected chi connectivity index (χ1v) is 13.0. The topological polar surface area (TPSA) is 108 Å². The molecule has 1 fully saturated rings. The molecule has 1 N–H and O–H groups in total. The van der Waals surface area contributed by atoms with Gasteiger partial charge in [-0.05, 0) is 56.7 Å². The van der Waals surface area contributed by atoms with E-state index in [1.165, 1.54) is 7.11 Å². The van der Waals surface area contributed by atoms with Crippen LogP contribution in [0.2, 0.25) is 0 Å². The minimum absolute atomic E-state index is 0.00292. The second-order valence-electron chi connectivity index (χ2n) is 10.2. The molecule has 192 valence electrons. The van der Waals surface area contributed by atoms with Crippen molar-refractivity contribution in [3.8, 4) is 6.07 Å². The number of imidazole rings is 1. The summed E-state index contributed by atoms with van der Waals surface area (Å²) in [6.45, 7) is 2.01. The molecule has 0 spiro atoms. The smallest absolute Gasteiger partial charge is 0.414 e. The van der Waals surface area contributed by atoms with Crippen LogP contribution in [0, 0.1) is 17.2 Å². The molecule has 1 amide bonds. The Hall–Kier alpha value is -3.86. The maximum Gasteiger partial charge on any atom is 0.414 e. The van der Waals surface area contributed by atoms with Gasteiger partial charge in [0, 0.05) is 30.0 Å². The molecule has 0 bridgehead atoms. The molecule has 5 rings (SSSR count). The number of carbonyl (C=O) groups excluding carboxylic acids is 1. The second kappa shape index (κ2) is 10.3. The molecule has 2 heterocycles. The molecule has 1 aromatic heterocycles. The van der Waals surface area contributed by atoms with Crippen molar-refractivity contribution in [2.75, 3.05) is 12.0 Å². The molecule has 1 aliphatic carbocycles. The van der Waals surface area contributed by atoms with E-state index in [0.717, 1.165) is 66.4 Å². The first-order chi connectivity index (χ1) is 17.9. The largest absolute Gasteiger partial charge is 0.481 e. The number of carboxylic acid groups (broad SMARTS) is 1. The number of aliphatic carboxylic acids is 1. The Labute approximate surface area is 216 Å². The zero-order valence-electron chi connectivity index (χ0n) is 21.3. The first-order valence-electron chi connectivity index (χ1n) is 13.0. The number of nitrogens with zero attached hydrogens (tertiary/aromatic N) is 4. The van der Waals surface area contributed by atoms with Crippen LogP contribution in [0.3, 0.4) is 0 Å². The summed E-state index contributed by atoms with van der Waals surface area (Å²) in [5.74, 6) is -0.946. The second-order valence-corrected chi connectivity index (χ2v) is 10.2. The van der Waals surface area contributed by atoms with E-state index in [2.05, 4.69) is 10.6 Å². The van der Waals surface area contributed by atoms with E-state index in [1.807, 2.05) is 49.4 Å². The van der Waals surface area contributed by atoms with Crippen molar-refractivity contribution in [1.82, 2.24) is 9.55 Å². The third-order valence-corrected chi connectivity index (χ3v) is 7.98. The Kier molecular flexibility index (Phi) is 6.88. The van der Waals surface area contributed by atoms with Crippen LogP contribution in [0.1, 0.15) is 67.9 Å². The summed E-state index contributed by atoms with van der Waals surface area (Å²) in [6, 6.07) is 15.7. The van der Waals surface area contributed by atoms with Gasteiger partial charge in [0.15, 0.2) is 0 Å². The van der Waals surface area contributed by atoms with Gasteiger partial charge in [-0.25, -0.2) is 9.78 Å². The monoisotopic (exact) mass is 500 g/mol. The van der Waals surface area contributed by atoms with Gasteiger partial charge >= 0.3 is 12.1 Å². The molecule has 0 radical (unpaired) electrons. The first kappa shape index (κ1) is 24.8. The Balaban J connectivity index is 1.66. The molecular formula is C29H32N4O4. The number of aromatic nitrogens is 2. The summed E-state index contributed by atoms with van der Waals surface area (Å²) in [6.07, 6.45) is 4.87. The van der Waals surface area contributed by atoms with Crippen LogP contribution in [-0.4, -0.2) is 39.9 Å². The van der Waals surface area contributed by atoms with E-state index < -0.39 is 18.0 Å². The van der Waals surface area contributed by atoms with Crippen LogP contribution in [0.5, 0.6) is 0 Å². The predicted molar refractivity (Wildman–Crippen MR) is 140 cm³/mol. The van der Waals surface area contributed by atoms with Crippen LogP contribution in [0.4, 0.5) is 10.5 Å². The van der Waals surface area contributed by atoms with Gasteiger partial charge in [0.25, 0.3) is 0 Å². The highest BCUT2D eigenvalue weighted by atomic mass is 16.5. The van der Waals surface area contributed by atoms with Crippen molar-refractivity contribution in [3.05, 3.63) is 59.4 Å². The molecule has 8 nitrogen and oxygen atoms in total. The molecule has 2 aromatic carbocycles. The zero-order valence-corrected chi connectivity index (χ0v) is 21.3. The van der Waals surface area contributed by atoms with Gasteiger partial charge in [-0.15, -0.1) is 0 Å². The van der Waals surface area contributed by atoms with E-state index in [1.54, 1.807) is 4.90 Å². The molecule has 0 unspecified atom stereocenters. The lowest BCUT2D eigenvalue weighted by atomic mass is 9.86. The number of carbonyl (C=O) groups is 2. The fourth-order valence-electron chi connectivity index (χ4n) is 6.11. The summed E-state index contributed by atoms with van der Waals surface area (Å²) in [7, 11) is 1.39. The molecule has 3 aromatic rings. The number of rotatable bonds is 5. The Morgan fingerprint density at radius 3 is 2.68 bits per heavy atom. The maximum absolute atomic E-state index is 12.6. The lowest BCUT2D eigenvalue weighted by Crippen LogP contribution is -2.42. The van der Waals surface area contributed by atoms with Crippen LogP contribution >= 0.6 is 0 Å². The lowest BCUT2D eigenvalue weighted by molar-refractivity contribution is -0.138. The van der Waals surface area contributed by atoms with E-state index in [9.17, 15) is 20.0 Å². The van der Waals surface area contributed by atoms with Crippen molar-refractivity contribution in [1.29, 1.82) is 5.26 Å². The number of hydrogen-bond acceptors (Lipinski definition) is 5. The third kappa shape index (κ3) is 4.55. The van der Waals surface area contributed by atoms with Crippen molar-refractivity contribution in [2.24, 2.45) is 5.92 Å². The minimum Gasteiger partial charge on any atom is -0.481 e. The van der Waals surface area contributed by atoms with Gasteiger partial charge in [0.05, 0.1) is 35.8 Å². The third-order valence-electron chi connectivity index (χ3n) is 7.98. The number of amides is 1.